The number of hydrogen-bond donors (Lipinski definition) is 3. The lowest BCUT2D eigenvalue weighted by Gasteiger charge is -2.18. The molecule has 2 aromatic rings. The van der Waals surface area contributed by atoms with Crippen molar-refractivity contribution in [2.45, 2.75) is 37.0 Å². The van der Waals surface area contributed by atoms with Crippen LogP contribution in [0.15, 0.2) is 41.6 Å². The Bertz CT molecular complexity index is 733. The summed E-state index contributed by atoms with van der Waals surface area (Å²) in [5.74, 6) is -0.0287. The van der Waals surface area contributed by atoms with Crippen molar-refractivity contribution in [1.29, 1.82) is 0 Å². The number of aliphatic hydroxyl groups is 1. The third-order valence-corrected chi connectivity index (χ3v) is 5.45. The number of phenolic OH excluding ortho intramolecular Hbond substituents is 1. The Morgan fingerprint density at radius 3 is 2.85 bits per heavy atom. The second-order valence-electron chi connectivity index (χ2n) is 6.31. The Labute approximate surface area is 167 Å². The van der Waals surface area contributed by atoms with Gasteiger partial charge in [-0.05, 0) is 42.2 Å². The van der Waals surface area contributed by atoms with E-state index >= 15 is 0 Å². The molecule has 0 fully saturated rings. The van der Waals surface area contributed by atoms with Gasteiger partial charge in [-0.1, -0.05) is 17.7 Å². The number of rotatable bonds is 10. The highest BCUT2D eigenvalue weighted by Crippen LogP contribution is 2.26. The number of halogens is 1. The van der Waals surface area contributed by atoms with Gasteiger partial charge in [0, 0.05) is 48.2 Å². The van der Waals surface area contributed by atoms with Gasteiger partial charge in [0.1, 0.15) is 6.26 Å². The van der Waals surface area contributed by atoms with E-state index in [0.717, 1.165) is 12.0 Å². The lowest BCUT2D eigenvalue weighted by atomic mass is 10.1. The number of nitrogens with one attached hydrogen (secondary N) is 1. The highest BCUT2D eigenvalue weighted by Gasteiger charge is 2.16. The van der Waals surface area contributed by atoms with Crippen LogP contribution in [0, 0.1) is 0 Å². The maximum Gasteiger partial charge on any atom is 0.194 e. The van der Waals surface area contributed by atoms with Crippen LogP contribution in [0.5, 0.6) is 5.75 Å². The van der Waals surface area contributed by atoms with Crippen LogP contribution in [0.2, 0.25) is 5.02 Å². The quantitative estimate of drug-likeness (QED) is 0.410. The number of ether oxygens (including phenoxy) is 1. The van der Waals surface area contributed by atoms with Crippen LogP contribution >= 0.6 is 11.6 Å². The summed E-state index contributed by atoms with van der Waals surface area (Å²) in [6.07, 6.45) is 4.83. The largest absolute Gasteiger partial charge is 0.612 e. The van der Waals surface area contributed by atoms with Gasteiger partial charge in [-0.25, -0.2) is 0 Å². The molecule has 27 heavy (non-hydrogen) atoms. The molecule has 0 bridgehead atoms. The van der Waals surface area contributed by atoms with Crippen molar-refractivity contribution in [3.63, 3.8) is 0 Å². The zero-order valence-electron chi connectivity index (χ0n) is 15.4. The second kappa shape index (κ2) is 10.8. The minimum Gasteiger partial charge on any atom is -0.612 e. The van der Waals surface area contributed by atoms with Gasteiger partial charge >= 0.3 is 0 Å². The SMILES string of the molecule is CC(CCOCc1cnccc1Cl)NCC(O)c1ccc(O)c([S+](C)[O-])c1. The summed E-state index contributed by atoms with van der Waals surface area (Å²) in [6, 6.07) is 6.53. The van der Waals surface area contributed by atoms with Gasteiger partial charge < -0.3 is 24.8 Å². The van der Waals surface area contributed by atoms with Crippen LogP contribution in [-0.4, -0.2) is 45.2 Å². The van der Waals surface area contributed by atoms with E-state index in [-0.39, 0.29) is 11.8 Å². The van der Waals surface area contributed by atoms with Gasteiger partial charge in [0.15, 0.2) is 10.6 Å². The van der Waals surface area contributed by atoms with Crippen LogP contribution in [0.3, 0.4) is 0 Å². The van der Waals surface area contributed by atoms with Crippen LogP contribution in [0.4, 0.5) is 0 Å². The summed E-state index contributed by atoms with van der Waals surface area (Å²) in [4.78, 5) is 4.34. The van der Waals surface area contributed by atoms with Crippen LogP contribution < -0.4 is 5.32 Å². The molecule has 0 aliphatic rings. The third kappa shape index (κ3) is 6.95. The molecule has 0 aliphatic carbocycles. The number of aromatic hydroxyl groups is 1. The van der Waals surface area contributed by atoms with E-state index < -0.39 is 17.3 Å². The lowest BCUT2D eigenvalue weighted by molar-refractivity contribution is 0.109. The molecule has 1 heterocycles. The van der Waals surface area contributed by atoms with E-state index in [1.807, 2.05) is 6.92 Å². The van der Waals surface area contributed by atoms with Crippen molar-refractivity contribution in [3.05, 3.63) is 52.8 Å². The number of aliphatic hydroxyl groups excluding tert-OH is 1. The second-order valence-corrected chi connectivity index (χ2v) is 8.07. The van der Waals surface area contributed by atoms with Gasteiger partial charge in [-0.2, -0.15) is 0 Å². The molecule has 6 nitrogen and oxygen atoms in total. The van der Waals surface area contributed by atoms with Gasteiger partial charge in [0.05, 0.1) is 12.7 Å². The number of pyridine rings is 1. The smallest absolute Gasteiger partial charge is 0.194 e. The molecule has 8 heteroatoms. The minimum atomic E-state index is -1.32. The fourth-order valence-corrected chi connectivity index (χ4v) is 3.28. The molecule has 0 spiro atoms. The average Bonchev–Trinajstić information content (AvgIpc) is 2.64. The number of phenols is 1. The van der Waals surface area contributed by atoms with Crippen molar-refractivity contribution < 1.29 is 19.5 Å². The van der Waals surface area contributed by atoms with E-state index in [1.165, 1.54) is 12.3 Å². The Hall–Kier alpha value is -1.35. The van der Waals surface area contributed by atoms with E-state index in [0.29, 0.717) is 35.2 Å². The van der Waals surface area contributed by atoms with Gasteiger partial charge in [-0.3, -0.25) is 4.98 Å². The van der Waals surface area contributed by atoms with Crippen LogP contribution in [0.1, 0.15) is 30.6 Å². The number of nitrogens with zero attached hydrogens (tertiary/aromatic N) is 1. The third-order valence-electron chi connectivity index (χ3n) is 4.13. The minimum absolute atomic E-state index is 0.0287. The summed E-state index contributed by atoms with van der Waals surface area (Å²) in [6.45, 7) is 3.31. The summed E-state index contributed by atoms with van der Waals surface area (Å²) >= 11 is 4.74. The standard InChI is InChI=1S/C19H25ClN2O4S/c1-13(6-8-26-12-15-10-21-7-5-16(15)20)22-11-18(24)14-3-4-17(23)19(9-14)27(2)25/h3-5,7,9-10,13,18,22-24H,6,8,11-12H2,1-2H3. The van der Waals surface area contributed by atoms with E-state index in [9.17, 15) is 14.8 Å². The predicted octanol–water partition coefficient (Wildman–Crippen LogP) is 2.80. The molecule has 0 saturated heterocycles. The maximum absolute atomic E-state index is 11.6. The summed E-state index contributed by atoms with van der Waals surface area (Å²) in [5, 5.41) is 23.9. The first-order chi connectivity index (χ1) is 12.9. The fourth-order valence-electron chi connectivity index (χ4n) is 2.46. The molecule has 3 atom stereocenters. The molecule has 3 N–H and O–H groups in total. The summed E-state index contributed by atoms with van der Waals surface area (Å²) in [5.41, 5.74) is 1.46. The summed E-state index contributed by atoms with van der Waals surface area (Å²) < 4.78 is 17.2. The topological polar surface area (TPSA) is 97.7 Å². The molecular weight excluding hydrogens is 388 g/mol. The van der Waals surface area contributed by atoms with Crippen molar-refractivity contribution in [1.82, 2.24) is 10.3 Å². The monoisotopic (exact) mass is 412 g/mol. The Morgan fingerprint density at radius 1 is 1.37 bits per heavy atom. The number of aromatic nitrogens is 1. The lowest BCUT2D eigenvalue weighted by Crippen LogP contribution is -2.31. The molecule has 2 rings (SSSR count). The molecular formula is C19H25ClN2O4S. The van der Waals surface area contributed by atoms with Crippen molar-refractivity contribution in [2.24, 2.45) is 0 Å². The van der Waals surface area contributed by atoms with Crippen LogP contribution in [-0.2, 0) is 22.5 Å². The van der Waals surface area contributed by atoms with Crippen LogP contribution in [0.25, 0.3) is 0 Å². The maximum atomic E-state index is 11.6. The number of benzene rings is 1. The molecule has 0 radical (unpaired) electrons. The van der Waals surface area contributed by atoms with E-state index in [4.69, 9.17) is 16.3 Å². The number of hydrogen-bond acceptors (Lipinski definition) is 6. The predicted molar refractivity (Wildman–Crippen MR) is 106 cm³/mol. The van der Waals surface area contributed by atoms with Gasteiger partial charge in [0.25, 0.3) is 0 Å². The zero-order valence-corrected chi connectivity index (χ0v) is 17.0. The van der Waals surface area contributed by atoms with Gasteiger partial charge in [-0.15, -0.1) is 0 Å². The van der Waals surface area contributed by atoms with Crippen molar-refractivity contribution in [2.75, 3.05) is 19.4 Å². The Kier molecular flexibility index (Phi) is 8.82. The van der Waals surface area contributed by atoms with Crippen molar-refractivity contribution >= 4 is 22.8 Å². The molecule has 1 aromatic carbocycles. The van der Waals surface area contributed by atoms with Crippen molar-refractivity contribution in [3.8, 4) is 5.75 Å². The molecule has 0 amide bonds. The highest BCUT2D eigenvalue weighted by molar-refractivity contribution is 7.90. The molecule has 3 unspecified atom stereocenters. The molecule has 148 valence electrons. The Balaban J connectivity index is 1.72. The normalized spacial score (nSPS) is 14.7. The zero-order chi connectivity index (χ0) is 19.8. The van der Waals surface area contributed by atoms with E-state index in [2.05, 4.69) is 10.3 Å². The Morgan fingerprint density at radius 2 is 2.15 bits per heavy atom. The average molecular weight is 413 g/mol. The van der Waals surface area contributed by atoms with E-state index in [1.54, 1.807) is 30.6 Å². The molecule has 0 saturated carbocycles. The van der Waals surface area contributed by atoms with Gasteiger partial charge in [0.2, 0.25) is 0 Å². The molecule has 1 aromatic heterocycles. The summed E-state index contributed by atoms with van der Waals surface area (Å²) in [7, 11) is 0. The first kappa shape index (κ1) is 21.9. The first-order valence-electron chi connectivity index (χ1n) is 8.62. The first-order valence-corrected chi connectivity index (χ1v) is 10.6. The highest BCUT2D eigenvalue weighted by atomic mass is 35.5. The fraction of sp³-hybridized carbons (Fsp3) is 0.421. The molecule has 0 aliphatic heterocycles.